The lowest BCUT2D eigenvalue weighted by atomic mass is 10.2. The number of hydrogen-bond acceptors (Lipinski definition) is 6. The minimum atomic E-state index is -0.151. The summed E-state index contributed by atoms with van der Waals surface area (Å²) in [6, 6.07) is 3.73. The van der Waals surface area contributed by atoms with E-state index >= 15 is 0 Å². The molecular weight excluding hydrogens is 354 g/mol. The van der Waals surface area contributed by atoms with Crippen molar-refractivity contribution in [3.8, 4) is 0 Å². The van der Waals surface area contributed by atoms with Gasteiger partial charge in [0, 0.05) is 19.2 Å². The molecule has 3 aromatic rings. The Bertz CT molecular complexity index is 966. The largest absolute Gasteiger partial charge is 0.339 e. The topological polar surface area (TPSA) is 76.5 Å². The average Bonchev–Trinajstić information content (AvgIpc) is 3.06. The van der Waals surface area contributed by atoms with Crippen LogP contribution in [0.1, 0.15) is 43.1 Å². The van der Waals surface area contributed by atoms with Crippen molar-refractivity contribution in [3.05, 3.63) is 56.7 Å². The molecule has 0 bridgehead atoms. The molecule has 0 aliphatic rings. The number of aryl methyl sites for hydroxylation is 2. The van der Waals surface area contributed by atoms with Gasteiger partial charge in [-0.05, 0) is 31.5 Å². The van der Waals surface area contributed by atoms with E-state index in [0.29, 0.717) is 42.6 Å². The molecule has 8 heteroatoms. The van der Waals surface area contributed by atoms with E-state index in [9.17, 15) is 4.79 Å². The lowest BCUT2D eigenvalue weighted by Gasteiger charge is -2.19. The SMILES string of the molecule is CCCc1nc(CN(CC)Cc2c(Cl)nc3c(C)cccn3c2=O)no1. The molecule has 3 rings (SSSR count). The fourth-order valence-electron chi connectivity index (χ4n) is 2.81. The van der Waals surface area contributed by atoms with Crippen LogP contribution in [0.15, 0.2) is 27.6 Å². The molecule has 0 amide bonds. The van der Waals surface area contributed by atoms with Crippen LogP contribution in [0.4, 0.5) is 0 Å². The van der Waals surface area contributed by atoms with Gasteiger partial charge in [0.15, 0.2) is 5.82 Å². The van der Waals surface area contributed by atoms with Crippen LogP contribution in [0.3, 0.4) is 0 Å². The van der Waals surface area contributed by atoms with Crippen molar-refractivity contribution in [3.63, 3.8) is 0 Å². The molecule has 7 nitrogen and oxygen atoms in total. The van der Waals surface area contributed by atoms with Gasteiger partial charge in [-0.15, -0.1) is 0 Å². The van der Waals surface area contributed by atoms with Crippen molar-refractivity contribution in [2.75, 3.05) is 6.54 Å². The first-order chi connectivity index (χ1) is 12.5. The molecule has 0 aliphatic heterocycles. The second kappa shape index (κ2) is 7.97. The van der Waals surface area contributed by atoms with Crippen LogP contribution in [-0.4, -0.2) is 31.0 Å². The molecule has 3 heterocycles. The fraction of sp³-hybridized carbons (Fsp3) is 0.444. The van der Waals surface area contributed by atoms with Gasteiger partial charge in [0.2, 0.25) is 5.89 Å². The number of fused-ring (bicyclic) bond motifs is 1. The molecule has 0 radical (unpaired) electrons. The van der Waals surface area contributed by atoms with Gasteiger partial charge >= 0.3 is 0 Å². The number of aromatic nitrogens is 4. The first-order valence-corrected chi connectivity index (χ1v) is 9.11. The van der Waals surface area contributed by atoms with E-state index in [1.807, 2.05) is 30.9 Å². The smallest absolute Gasteiger partial charge is 0.263 e. The van der Waals surface area contributed by atoms with E-state index in [2.05, 4.69) is 22.0 Å². The van der Waals surface area contributed by atoms with Gasteiger partial charge in [0.1, 0.15) is 10.8 Å². The number of pyridine rings is 1. The predicted molar refractivity (Wildman–Crippen MR) is 99.3 cm³/mol. The van der Waals surface area contributed by atoms with Crippen molar-refractivity contribution in [1.29, 1.82) is 0 Å². The number of hydrogen-bond donors (Lipinski definition) is 0. The van der Waals surface area contributed by atoms with Crippen LogP contribution in [0.5, 0.6) is 0 Å². The molecule has 0 saturated heterocycles. The number of nitrogens with zero attached hydrogens (tertiary/aromatic N) is 5. The third-order valence-corrected chi connectivity index (χ3v) is 4.57. The molecule has 0 spiro atoms. The van der Waals surface area contributed by atoms with Gasteiger partial charge in [-0.25, -0.2) is 4.98 Å². The van der Waals surface area contributed by atoms with Gasteiger partial charge in [-0.3, -0.25) is 14.1 Å². The van der Waals surface area contributed by atoms with Crippen molar-refractivity contribution in [2.24, 2.45) is 0 Å². The van der Waals surface area contributed by atoms with Gasteiger partial charge in [-0.1, -0.05) is 36.7 Å². The fourth-order valence-corrected chi connectivity index (χ4v) is 3.03. The molecule has 3 aromatic heterocycles. The summed E-state index contributed by atoms with van der Waals surface area (Å²) in [7, 11) is 0. The maximum atomic E-state index is 12.9. The maximum Gasteiger partial charge on any atom is 0.263 e. The zero-order valence-electron chi connectivity index (χ0n) is 15.2. The Balaban J connectivity index is 1.87. The van der Waals surface area contributed by atoms with Gasteiger partial charge < -0.3 is 4.52 Å². The molecule has 0 saturated carbocycles. The Morgan fingerprint density at radius 2 is 2.08 bits per heavy atom. The molecule has 26 heavy (non-hydrogen) atoms. The quantitative estimate of drug-likeness (QED) is 0.591. The van der Waals surface area contributed by atoms with E-state index < -0.39 is 0 Å². The molecule has 0 unspecified atom stereocenters. The first-order valence-electron chi connectivity index (χ1n) is 8.73. The highest BCUT2D eigenvalue weighted by molar-refractivity contribution is 6.30. The lowest BCUT2D eigenvalue weighted by Crippen LogP contribution is -2.29. The van der Waals surface area contributed by atoms with Gasteiger partial charge in [0.25, 0.3) is 5.56 Å². The molecule has 0 atom stereocenters. The normalized spacial score (nSPS) is 11.6. The van der Waals surface area contributed by atoms with Crippen LogP contribution >= 0.6 is 11.6 Å². The number of halogens is 1. The van der Waals surface area contributed by atoms with Crippen molar-refractivity contribution < 1.29 is 4.52 Å². The van der Waals surface area contributed by atoms with Crippen LogP contribution in [0.2, 0.25) is 5.15 Å². The molecule has 0 N–H and O–H groups in total. The van der Waals surface area contributed by atoms with Crippen LogP contribution in [0, 0.1) is 6.92 Å². The van der Waals surface area contributed by atoms with E-state index in [0.717, 1.165) is 18.4 Å². The Morgan fingerprint density at radius 1 is 1.27 bits per heavy atom. The highest BCUT2D eigenvalue weighted by Gasteiger charge is 2.17. The third kappa shape index (κ3) is 3.78. The summed E-state index contributed by atoms with van der Waals surface area (Å²) in [5.41, 5.74) is 1.80. The number of rotatable bonds is 7. The molecule has 0 aliphatic carbocycles. The van der Waals surface area contributed by atoms with Gasteiger partial charge in [-0.2, -0.15) is 4.98 Å². The van der Waals surface area contributed by atoms with Crippen LogP contribution in [-0.2, 0) is 19.5 Å². The standard InChI is InChI=1S/C18H22ClN5O2/c1-4-7-15-20-14(22-26-15)11-23(5-2)10-13-16(19)21-17-12(3)8-6-9-24(17)18(13)25/h6,8-9H,4-5,7,10-11H2,1-3H3. The minimum Gasteiger partial charge on any atom is -0.339 e. The van der Waals surface area contributed by atoms with Gasteiger partial charge in [0.05, 0.1) is 12.1 Å². The zero-order valence-corrected chi connectivity index (χ0v) is 16.0. The predicted octanol–water partition coefficient (Wildman–Crippen LogP) is 3.01. The third-order valence-electron chi connectivity index (χ3n) is 4.26. The minimum absolute atomic E-state index is 0.151. The summed E-state index contributed by atoms with van der Waals surface area (Å²) in [6.45, 7) is 7.54. The van der Waals surface area contributed by atoms with Crippen molar-refractivity contribution >= 4 is 17.2 Å². The Kier molecular flexibility index (Phi) is 5.68. The van der Waals surface area contributed by atoms with E-state index in [-0.39, 0.29) is 10.7 Å². The van der Waals surface area contributed by atoms with Crippen LogP contribution in [0.25, 0.3) is 5.65 Å². The summed E-state index contributed by atoms with van der Waals surface area (Å²) in [6.07, 6.45) is 3.43. The average molecular weight is 376 g/mol. The monoisotopic (exact) mass is 375 g/mol. The molecule has 0 aromatic carbocycles. The zero-order chi connectivity index (χ0) is 18.7. The second-order valence-corrected chi connectivity index (χ2v) is 6.59. The Hall–Kier alpha value is -2.25. The van der Waals surface area contributed by atoms with E-state index in [1.54, 1.807) is 6.20 Å². The summed E-state index contributed by atoms with van der Waals surface area (Å²) in [5.74, 6) is 1.25. The molecule has 138 valence electrons. The highest BCUT2D eigenvalue weighted by Crippen LogP contribution is 2.16. The Morgan fingerprint density at radius 3 is 2.81 bits per heavy atom. The van der Waals surface area contributed by atoms with Crippen molar-refractivity contribution in [1.82, 2.24) is 24.4 Å². The first kappa shape index (κ1) is 18.5. The second-order valence-electron chi connectivity index (χ2n) is 6.23. The van der Waals surface area contributed by atoms with E-state index in [4.69, 9.17) is 16.1 Å². The molecule has 0 fully saturated rings. The van der Waals surface area contributed by atoms with Crippen LogP contribution < -0.4 is 5.56 Å². The highest BCUT2D eigenvalue weighted by atomic mass is 35.5. The van der Waals surface area contributed by atoms with E-state index in [1.165, 1.54) is 4.40 Å². The van der Waals surface area contributed by atoms with Crippen molar-refractivity contribution in [2.45, 2.75) is 46.7 Å². The summed E-state index contributed by atoms with van der Waals surface area (Å²) < 4.78 is 6.77. The Labute approximate surface area is 156 Å². The summed E-state index contributed by atoms with van der Waals surface area (Å²) in [5, 5.41) is 4.25. The lowest BCUT2D eigenvalue weighted by molar-refractivity contribution is 0.257. The summed E-state index contributed by atoms with van der Waals surface area (Å²) in [4.78, 5) is 23.7. The summed E-state index contributed by atoms with van der Waals surface area (Å²) >= 11 is 6.33. The maximum absolute atomic E-state index is 12.9. The molecular formula is C18H22ClN5O2.